The maximum atomic E-state index is 12.3. The summed E-state index contributed by atoms with van der Waals surface area (Å²) in [7, 11) is 1.61. The van der Waals surface area contributed by atoms with Crippen molar-refractivity contribution in [1.29, 1.82) is 0 Å². The van der Waals surface area contributed by atoms with E-state index < -0.39 is 0 Å². The number of hydrogen-bond donors (Lipinski definition) is 1. The molecular weight excluding hydrogens is 308 g/mol. The summed E-state index contributed by atoms with van der Waals surface area (Å²) in [5.41, 5.74) is 1.00. The van der Waals surface area contributed by atoms with Crippen molar-refractivity contribution in [2.24, 2.45) is 5.92 Å². The number of amides is 2. The minimum Gasteiger partial charge on any atom is -0.497 e. The minimum atomic E-state index is -0.227. The van der Waals surface area contributed by atoms with Gasteiger partial charge < -0.3 is 19.7 Å². The summed E-state index contributed by atoms with van der Waals surface area (Å²) in [6.07, 6.45) is 0.962. The van der Waals surface area contributed by atoms with E-state index in [1.54, 1.807) is 12.0 Å². The first kappa shape index (κ1) is 18.1. The summed E-state index contributed by atoms with van der Waals surface area (Å²) in [6, 6.07) is 5.63. The highest BCUT2D eigenvalue weighted by atomic mass is 16.5. The molecule has 1 aliphatic rings. The van der Waals surface area contributed by atoms with E-state index in [-0.39, 0.29) is 17.7 Å². The first-order valence-corrected chi connectivity index (χ1v) is 8.44. The molecule has 24 heavy (non-hydrogen) atoms. The fourth-order valence-electron chi connectivity index (χ4n) is 2.82. The average molecular weight is 334 g/mol. The molecule has 0 aromatic heterocycles. The second-order valence-electron chi connectivity index (χ2n) is 5.79. The summed E-state index contributed by atoms with van der Waals surface area (Å²) in [5.74, 6) is 1.29. The Morgan fingerprint density at radius 3 is 2.75 bits per heavy atom. The lowest BCUT2D eigenvalue weighted by Crippen LogP contribution is -2.39. The fourth-order valence-corrected chi connectivity index (χ4v) is 2.82. The van der Waals surface area contributed by atoms with Crippen LogP contribution < -0.4 is 14.8 Å². The van der Waals surface area contributed by atoms with Crippen LogP contribution in [-0.4, -0.2) is 50.1 Å². The Labute approximate surface area is 143 Å². The van der Waals surface area contributed by atoms with E-state index in [1.165, 1.54) is 0 Å². The molecule has 1 aromatic rings. The molecule has 1 atom stereocenters. The third kappa shape index (κ3) is 4.40. The van der Waals surface area contributed by atoms with Gasteiger partial charge in [-0.15, -0.1) is 0 Å². The van der Waals surface area contributed by atoms with Crippen LogP contribution in [0.3, 0.4) is 0 Å². The number of nitrogens with one attached hydrogen (secondary N) is 1. The molecule has 0 saturated heterocycles. The van der Waals surface area contributed by atoms with E-state index in [1.807, 2.05) is 32.0 Å². The van der Waals surface area contributed by atoms with Gasteiger partial charge in [-0.1, -0.05) is 6.07 Å². The Morgan fingerprint density at radius 2 is 2.08 bits per heavy atom. The molecule has 0 fully saturated rings. The second kappa shape index (κ2) is 8.57. The first-order chi connectivity index (χ1) is 11.6. The highest BCUT2D eigenvalue weighted by molar-refractivity contribution is 5.81. The van der Waals surface area contributed by atoms with Crippen molar-refractivity contribution < 1.29 is 19.1 Å². The number of nitrogens with zero attached hydrogens (tertiary/aromatic N) is 1. The molecule has 0 radical (unpaired) electrons. The Hall–Kier alpha value is -2.24. The van der Waals surface area contributed by atoms with Crippen molar-refractivity contribution in [1.82, 2.24) is 10.2 Å². The van der Waals surface area contributed by atoms with Gasteiger partial charge >= 0.3 is 0 Å². The van der Waals surface area contributed by atoms with Crippen LogP contribution in [0.1, 0.15) is 25.8 Å². The lowest BCUT2D eigenvalue weighted by Gasteiger charge is -2.25. The topological polar surface area (TPSA) is 67.9 Å². The summed E-state index contributed by atoms with van der Waals surface area (Å²) < 4.78 is 10.9. The molecule has 0 bridgehead atoms. The number of fused-ring (bicyclic) bond motifs is 1. The zero-order valence-electron chi connectivity index (χ0n) is 14.6. The number of ether oxygens (including phenoxy) is 2. The van der Waals surface area contributed by atoms with E-state index in [0.717, 1.165) is 17.1 Å². The highest BCUT2D eigenvalue weighted by Gasteiger charge is 2.26. The molecule has 1 N–H and O–H groups in total. The number of carbonyl (C=O) groups is 2. The van der Waals surface area contributed by atoms with Crippen molar-refractivity contribution in [2.75, 3.05) is 33.4 Å². The fraction of sp³-hybridized carbons (Fsp3) is 0.556. The Kier molecular flexibility index (Phi) is 6.46. The molecule has 1 aliphatic heterocycles. The van der Waals surface area contributed by atoms with Crippen LogP contribution in [0, 0.1) is 5.92 Å². The highest BCUT2D eigenvalue weighted by Crippen LogP contribution is 2.30. The van der Waals surface area contributed by atoms with Gasteiger partial charge in [0.15, 0.2) is 0 Å². The normalized spacial score (nSPS) is 15.9. The third-order valence-electron chi connectivity index (χ3n) is 4.31. The molecule has 1 heterocycles. The Balaban J connectivity index is 1.82. The number of carbonyl (C=O) groups excluding carboxylic acids is 2. The summed E-state index contributed by atoms with van der Waals surface area (Å²) in [5, 5.41) is 2.85. The zero-order chi connectivity index (χ0) is 17.5. The van der Waals surface area contributed by atoms with Gasteiger partial charge in [-0.3, -0.25) is 9.59 Å². The number of rotatable bonds is 7. The molecule has 6 nitrogen and oxygen atoms in total. The van der Waals surface area contributed by atoms with Crippen molar-refractivity contribution >= 4 is 11.8 Å². The largest absolute Gasteiger partial charge is 0.497 e. The van der Waals surface area contributed by atoms with Gasteiger partial charge in [-0.25, -0.2) is 0 Å². The zero-order valence-corrected chi connectivity index (χ0v) is 14.6. The van der Waals surface area contributed by atoms with Gasteiger partial charge in [-0.05, 0) is 31.9 Å². The van der Waals surface area contributed by atoms with Gasteiger partial charge in [0.05, 0.1) is 13.0 Å². The second-order valence-corrected chi connectivity index (χ2v) is 5.79. The molecule has 132 valence electrons. The summed E-state index contributed by atoms with van der Waals surface area (Å²) in [6.45, 7) is 5.99. The van der Waals surface area contributed by atoms with E-state index in [0.29, 0.717) is 39.1 Å². The molecule has 1 aromatic carbocycles. The van der Waals surface area contributed by atoms with Gasteiger partial charge in [0.2, 0.25) is 11.8 Å². The van der Waals surface area contributed by atoms with Crippen molar-refractivity contribution in [3.63, 3.8) is 0 Å². The van der Waals surface area contributed by atoms with Gasteiger partial charge in [0.25, 0.3) is 0 Å². The van der Waals surface area contributed by atoms with Crippen LogP contribution in [-0.2, 0) is 16.0 Å². The first-order valence-electron chi connectivity index (χ1n) is 8.44. The Morgan fingerprint density at radius 1 is 1.33 bits per heavy atom. The number of hydrogen-bond acceptors (Lipinski definition) is 4. The van der Waals surface area contributed by atoms with Gasteiger partial charge in [-0.2, -0.15) is 0 Å². The molecule has 0 aliphatic carbocycles. The summed E-state index contributed by atoms with van der Waals surface area (Å²) >= 11 is 0. The van der Waals surface area contributed by atoms with Crippen LogP contribution in [0.25, 0.3) is 0 Å². The molecule has 2 rings (SSSR count). The molecular formula is C18H26N2O4. The van der Waals surface area contributed by atoms with Crippen LogP contribution in [0.15, 0.2) is 18.2 Å². The van der Waals surface area contributed by atoms with Crippen molar-refractivity contribution in [3.05, 3.63) is 23.8 Å². The van der Waals surface area contributed by atoms with Crippen molar-refractivity contribution in [3.8, 4) is 11.5 Å². The van der Waals surface area contributed by atoms with E-state index >= 15 is 0 Å². The smallest absolute Gasteiger partial charge is 0.226 e. The minimum absolute atomic E-state index is 0.0659. The van der Waals surface area contributed by atoms with Gasteiger partial charge in [0.1, 0.15) is 18.1 Å². The van der Waals surface area contributed by atoms with E-state index in [2.05, 4.69) is 5.32 Å². The quantitative estimate of drug-likeness (QED) is 0.823. The third-order valence-corrected chi connectivity index (χ3v) is 4.31. The molecule has 0 unspecified atom stereocenters. The number of methoxy groups -OCH3 is 1. The average Bonchev–Trinajstić information content (AvgIpc) is 2.61. The predicted molar refractivity (Wildman–Crippen MR) is 91.2 cm³/mol. The van der Waals surface area contributed by atoms with Crippen molar-refractivity contribution in [2.45, 2.75) is 26.7 Å². The van der Waals surface area contributed by atoms with Gasteiger partial charge in [0, 0.05) is 32.1 Å². The maximum Gasteiger partial charge on any atom is 0.226 e. The standard InChI is InChI=1S/C18H26N2O4/c1-4-20(5-2)17(21)8-9-19-18(22)14-10-13-6-7-15(23-3)11-16(13)24-12-14/h6-7,11,14H,4-5,8-10,12H2,1-3H3,(H,19,22)/t14-/m0/s1. The molecule has 6 heteroatoms. The number of benzene rings is 1. The molecule has 2 amide bonds. The van der Waals surface area contributed by atoms with Crippen LogP contribution >= 0.6 is 0 Å². The molecule has 0 spiro atoms. The van der Waals surface area contributed by atoms with E-state index in [4.69, 9.17) is 9.47 Å². The molecule has 0 saturated carbocycles. The SMILES string of the molecule is CCN(CC)C(=O)CCNC(=O)[C@@H]1COc2cc(OC)ccc2C1. The summed E-state index contributed by atoms with van der Waals surface area (Å²) in [4.78, 5) is 26.0. The Bertz CT molecular complexity index is 584. The van der Waals surface area contributed by atoms with E-state index in [9.17, 15) is 9.59 Å². The predicted octanol–water partition coefficient (Wildman–Crippen LogP) is 1.62. The lowest BCUT2D eigenvalue weighted by atomic mass is 9.96. The van der Waals surface area contributed by atoms with Crippen LogP contribution in [0.5, 0.6) is 11.5 Å². The maximum absolute atomic E-state index is 12.3. The van der Waals surface area contributed by atoms with Crippen LogP contribution in [0.2, 0.25) is 0 Å². The lowest BCUT2D eigenvalue weighted by molar-refractivity contribution is -0.131. The monoisotopic (exact) mass is 334 g/mol. The van der Waals surface area contributed by atoms with Crippen LogP contribution in [0.4, 0.5) is 0 Å².